The summed E-state index contributed by atoms with van der Waals surface area (Å²) in [5.41, 5.74) is 5.27. The zero-order chi connectivity index (χ0) is 17.5. The minimum atomic E-state index is -0.742. The molecule has 1 fully saturated rings. The molecule has 1 rings (SSSR count). The summed E-state index contributed by atoms with van der Waals surface area (Å²) in [4.78, 5) is 14.7. The Bertz CT molecular complexity index is 414. The van der Waals surface area contributed by atoms with Crippen LogP contribution < -0.4 is 11.1 Å². The highest BCUT2D eigenvalue weighted by Gasteiger charge is 2.37. The van der Waals surface area contributed by atoms with Crippen molar-refractivity contribution in [3.05, 3.63) is 0 Å². The Morgan fingerprint density at radius 3 is 2.43 bits per heavy atom. The molecule has 1 saturated heterocycles. The predicted molar refractivity (Wildman–Crippen MR) is 93.7 cm³/mol. The van der Waals surface area contributed by atoms with Gasteiger partial charge < -0.3 is 16.0 Å². The molecule has 5 nitrogen and oxygen atoms in total. The lowest BCUT2D eigenvalue weighted by atomic mass is 9.86. The zero-order valence-electron chi connectivity index (χ0n) is 15.3. The van der Waals surface area contributed by atoms with Crippen LogP contribution in [0.15, 0.2) is 0 Å². The topological polar surface area (TPSA) is 82.2 Å². The van der Waals surface area contributed by atoms with Crippen molar-refractivity contribution in [2.24, 2.45) is 11.1 Å². The Morgan fingerprint density at radius 1 is 1.35 bits per heavy atom. The van der Waals surface area contributed by atoms with Gasteiger partial charge in [-0.15, -0.1) is 0 Å². The van der Waals surface area contributed by atoms with Crippen LogP contribution >= 0.6 is 0 Å². The number of carbonyl (C=O) groups is 1. The first-order valence-electron chi connectivity index (χ1n) is 8.92. The van der Waals surface area contributed by atoms with Crippen LogP contribution in [0.25, 0.3) is 0 Å². The molecule has 132 valence electrons. The van der Waals surface area contributed by atoms with Gasteiger partial charge in [0.1, 0.15) is 5.54 Å². The van der Waals surface area contributed by atoms with Crippen LogP contribution in [0.4, 0.5) is 0 Å². The number of hydrogen-bond acceptors (Lipinski definition) is 4. The lowest BCUT2D eigenvalue weighted by Gasteiger charge is -2.38. The fourth-order valence-corrected chi connectivity index (χ4v) is 3.09. The van der Waals surface area contributed by atoms with Crippen molar-refractivity contribution >= 4 is 5.91 Å². The number of nitrogens with two attached hydrogens (primary N) is 1. The van der Waals surface area contributed by atoms with E-state index < -0.39 is 11.6 Å². The zero-order valence-corrected chi connectivity index (χ0v) is 15.3. The van der Waals surface area contributed by atoms with Gasteiger partial charge in [0.2, 0.25) is 5.91 Å². The molecule has 1 atom stereocenters. The second kappa shape index (κ2) is 8.65. The van der Waals surface area contributed by atoms with E-state index in [0.29, 0.717) is 19.3 Å². The van der Waals surface area contributed by atoms with Crippen molar-refractivity contribution in [2.45, 2.75) is 77.8 Å². The molecular formula is C18H34N4O. The summed E-state index contributed by atoms with van der Waals surface area (Å²) in [5.74, 6) is -0.194. The third-order valence-corrected chi connectivity index (χ3v) is 4.53. The molecule has 0 saturated carbocycles. The first kappa shape index (κ1) is 19.9. The highest BCUT2D eigenvalue weighted by molar-refractivity contribution is 5.82. The van der Waals surface area contributed by atoms with Gasteiger partial charge in [0.05, 0.1) is 12.1 Å². The van der Waals surface area contributed by atoms with Crippen LogP contribution in [0.2, 0.25) is 0 Å². The normalized spacial score (nSPS) is 19.8. The molecule has 1 heterocycles. The molecule has 0 aromatic rings. The van der Waals surface area contributed by atoms with E-state index in [1.54, 1.807) is 0 Å². The molecule has 3 N–H and O–H groups in total. The smallest absolute Gasteiger partial charge is 0.238 e. The molecule has 0 spiro atoms. The number of amides is 1. The van der Waals surface area contributed by atoms with Gasteiger partial charge in [-0.3, -0.25) is 4.79 Å². The van der Waals surface area contributed by atoms with Crippen molar-refractivity contribution in [3.8, 4) is 6.07 Å². The van der Waals surface area contributed by atoms with Gasteiger partial charge in [-0.1, -0.05) is 40.5 Å². The van der Waals surface area contributed by atoms with Gasteiger partial charge in [-0.05, 0) is 37.6 Å². The van der Waals surface area contributed by atoms with Crippen LogP contribution in [0.5, 0.6) is 0 Å². The first-order chi connectivity index (χ1) is 10.7. The molecule has 0 aromatic carbocycles. The summed E-state index contributed by atoms with van der Waals surface area (Å²) < 4.78 is 0. The monoisotopic (exact) mass is 322 g/mol. The van der Waals surface area contributed by atoms with Crippen LogP contribution in [0.1, 0.15) is 66.2 Å². The van der Waals surface area contributed by atoms with Gasteiger partial charge in [-0.25, -0.2) is 0 Å². The highest BCUT2D eigenvalue weighted by Crippen LogP contribution is 2.24. The van der Waals surface area contributed by atoms with E-state index in [9.17, 15) is 10.1 Å². The Labute approximate surface area is 141 Å². The summed E-state index contributed by atoms with van der Waals surface area (Å²) in [6.45, 7) is 11.2. The van der Waals surface area contributed by atoms with E-state index in [1.807, 2.05) is 0 Å². The third-order valence-electron chi connectivity index (χ3n) is 4.53. The molecule has 5 heteroatoms. The Hall–Kier alpha value is -1.12. The van der Waals surface area contributed by atoms with Gasteiger partial charge >= 0.3 is 0 Å². The molecule has 1 unspecified atom stereocenters. The molecule has 0 bridgehead atoms. The fourth-order valence-electron chi connectivity index (χ4n) is 3.09. The number of piperidine rings is 1. The maximum atomic E-state index is 12.3. The van der Waals surface area contributed by atoms with Crippen LogP contribution in [-0.4, -0.2) is 42.0 Å². The minimum Gasteiger partial charge on any atom is -0.336 e. The average molecular weight is 322 g/mol. The fraction of sp³-hybridized carbons (Fsp3) is 0.889. The number of nitrogens with zero attached hydrogens (tertiary/aromatic N) is 2. The van der Waals surface area contributed by atoms with Crippen molar-refractivity contribution in [2.75, 3.05) is 19.6 Å². The number of likely N-dealkylation sites (tertiary alicyclic amines) is 1. The van der Waals surface area contributed by atoms with E-state index >= 15 is 0 Å². The number of hydrogen-bond donors (Lipinski definition) is 2. The van der Waals surface area contributed by atoms with E-state index in [2.05, 4.69) is 44.0 Å². The molecular weight excluding hydrogens is 288 g/mol. The number of rotatable bonds is 7. The third kappa shape index (κ3) is 6.88. The predicted octanol–water partition coefficient (Wildman–Crippen LogP) is 2.41. The summed E-state index contributed by atoms with van der Waals surface area (Å²) in [6.07, 6.45) is 5.66. The maximum absolute atomic E-state index is 12.3. The second-order valence-corrected chi connectivity index (χ2v) is 8.10. The largest absolute Gasteiger partial charge is 0.336 e. The Kier molecular flexibility index (Phi) is 7.50. The van der Waals surface area contributed by atoms with Crippen LogP contribution in [0.3, 0.4) is 0 Å². The lowest BCUT2D eigenvalue weighted by molar-refractivity contribution is -0.124. The Morgan fingerprint density at radius 2 is 1.96 bits per heavy atom. The SMILES string of the molecule is CCCCCN1CCC(C#N)(NC(=O)C(N)CC(C)(C)C)CC1. The van der Waals surface area contributed by atoms with E-state index in [-0.39, 0.29) is 11.3 Å². The van der Waals surface area contributed by atoms with E-state index in [1.165, 1.54) is 19.3 Å². The highest BCUT2D eigenvalue weighted by atomic mass is 16.2. The summed E-state index contributed by atoms with van der Waals surface area (Å²) in [6, 6.07) is 1.79. The molecule has 1 aliphatic rings. The van der Waals surface area contributed by atoms with Gasteiger partial charge in [0, 0.05) is 13.1 Å². The van der Waals surface area contributed by atoms with E-state index in [0.717, 1.165) is 19.6 Å². The molecule has 23 heavy (non-hydrogen) atoms. The van der Waals surface area contributed by atoms with Crippen molar-refractivity contribution in [1.29, 1.82) is 5.26 Å². The summed E-state index contributed by atoms with van der Waals surface area (Å²) in [7, 11) is 0. The van der Waals surface area contributed by atoms with Gasteiger partial charge in [0.15, 0.2) is 0 Å². The van der Waals surface area contributed by atoms with Crippen molar-refractivity contribution in [3.63, 3.8) is 0 Å². The molecule has 0 aliphatic carbocycles. The number of nitrogens with one attached hydrogen (secondary N) is 1. The molecule has 0 aromatic heterocycles. The van der Waals surface area contributed by atoms with Gasteiger partial charge in [-0.2, -0.15) is 5.26 Å². The quantitative estimate of drug-likeness (QED) is 0.705. The standard InChI is InChI=1S/C18H34N4O/c1-5-6-7-10-22-11-8-18(14-19,9-12-22)21-16(23)15(20)13-17(2,3)4/h15H,5-13,20H2,1-4H3,(H,21,23). The van der Waals surface area contributed by atoms with Crippen LogP contribution in [-0.2, 0) is 4.79 Å². The Balaban J connectivity index is 2.51. The van der Waals surface area contributed by atoms with Crippen molar-refractivity contribution < 1.29 is 4.79 Å². The molecule has 1 aliphatic heterocycles. The van der Waals surface area contributed by atoms with Crippen LogP contribution in [0, 0.1) is 16.7 Å². The average Bonchev–Trinajstić information content (AvgIpc) is 2.47. The van der Waals surface area contributed by atoms with Crippen molar-refractivity contribution in [1.82, 2.24) is 10.2 Å². The van der Waals surface area contributed by atoms with E-state index in [4.69, 9.17) is 5.73 Å². The number of carbonyl (C=O) groups excluding carboxylic acids is 1. The number of nitriles is 1. The summed E-state index contributed by atoms with van der Waals surface area (Å²) in [5, 5.41) is 12.5. The lowest BCUT2D eigenvalue weighted by Crippen LogP contribution is -2.58. The molecule has 1 amide bonds. The number of unbranched alkanes of at least 4 members (excludes halogenated alkanes) is 2. The second-order valence-electron chi connectivity index (χ2n) is 8.10. The van der Waals surface area contributed by atoms with Gasteiger partial charge in [0.25, 0.3) is 0 Å². The first-order valence-corrected chi connectivity index (χ1v) is 8.92. The maximum Gasteiger partial charge on any atom is 0.238 e. The minimum absolute atomic E-state index is 0.000789. The summed E-state index contributed by atoms with van der Waals surface area (Å²) >= 11 is 0. The molecule has 0 radical (unpaired) electrons.